The predicted molar refractivity (Wildman–Crippen MR) is 164 cm³/mol. The summed E-state index contributed by atoms with van der Waals surface area (Å²) in [6.45, 7) is 2.01. The maximum absolute atomic E-state index is 10.7. The van der Waals surface area contributed by atoms with E-state index >= 15 is 0 Å². The van der Waals surface area contributed by atoms with Gasteiger partial charge in [0.1, 0.15) is 27.9 Å². The quantitative estimate of drug-likeness (QED) is 0.104. The van der Waals surface area contributed by atoms with Crippen LogP contribution in [0.4, 0.5) is 0 Å². The summed E-state index contributed by atoms with van der Waals surface area (Å²) < 4.78 is 12.2. The van der Waals surface area contributed by atoms with Gasteiger partial charge in [-0.3, -0.25) is 0 Å². The van der Waals surface area contributed by atoms with Crippen LogP contribution >= 0.6 is 0 Å². The van der Waals surface area contributed by atoms with Crippen LogP contribution in [0, 0.1) is 6.92 Å². The summed E-state index contributed by atoms with van der Waals surface area (Å²) in [5.41, 5.74) is 4.31. The second kappa shape index (κ2) is 9.10. The molecule has 0 aliphatic rings. The molecule has 10 heteroatoms. The number of furan rings is 2. The van der Waals surface area contributed by atoms with E-state index in [2.05, 4.69) is 9.97 Å². The summed E-state index contributed by atoms with van der Waals surface area (Å²) in [6.07, 6.45) is 0. The number of hydrogen-bond donors (Lipinski definition) is 5. The van der Waals surface area contributed by atoms with E-state index < -0.39 is 34.3 Å². The first-order valence-corrected chi connectivity index (χ1v) is 13.6. The molecule has 5 N–H and O–H groups in total. The molecule has 0 saturated carbocycles. The van der Waals surface area contributed by atoms with Crippen LogP contribution in [-0.2, 0) is 0 Å². The number of aromatic hydroxyl groups is 5. The Kier molecular flexibility index (Phi) is 5.26. The van der Waals surface area contributed by atoms with Gasteiger partial charge in [-0.25, -0.2) is 15.0 Å². The standard InChI is InChI=1S/C34H21N3O7/c1-15-6-11-23-21(12-15)20-10-8-17(14-25(20)44-23)33-35-32(16-7-9-19-18-4-2-3-5-22(18)43-24(19)13-16)36-34(37-33)26-27(38)29(40)31(42)30(41)28(26)39/h2-14,38-42H,1H3. The summed E-state index contributed by atoms with van der Waals surface area (Å²) in [5, 5.41) is 55.6. The van der Waals surface area contributed by atoms with E-state index in [0.717, 1.165) is 38.3 Å². The zero-order valence-electron chi connectivity index (χ0n) is 22.9. The van der Waals surface area contributed by atoms with Gasteiger partial charge in [0.05, 0.1) is 0 Å². The van der Waals surface area contributed by atoms with Crippen molar-refractivity contribution in [3.05, 3.63) is 84.4 Å². The van der Waals surface area contributed by atoms with E-state index in [1.807, 2.05) is 73.7 Å². The number of rotatable bonds is 3. The average molecular weight is 584 g/mol. The molecule has 0 bridgehead atoms. The molecule has 0 spiro atoms. The van der Waals surface area contributed by atoms with Gasteiger partial charge >= 0.3 is 0 Å². The molecular weight excluding hydrogens is 562 g/mol. The largest absolute Gasteiger partial charge is 0.504 e. The van der Waals surface area contributed by atoms with Crippen LogP contribution in [0.1, 0.15) is 5.56 Å². The molecule has 8 aromatic rings. The van der Waals surface area contributed by atoms with E-state index in [0.29, 0.717) is 22.3 Å². The minimum atomic E-state index is -1.08. The Morgan fingerprint density at radius 3 is 1.59 bits per heavy atom. The molecule has 0 aliphatic heterocycles. The van der Waals surface area contributed by atoms with Crippen LogP contribution in [0.3, 0.4) is 0 Å². The molecule has 0 amide bonds. The fourth-order valence-electron chi connectivity index (χ4n) is 5.54. The summed E-state index contributed by atoms with van der Waals surface area (Å²) >= 11 is 0. The monoisotopic (exact) mass is 583 g/mol. The number of nitrogens with zero attached hydrogens (tertiary/aromatic N) is 3. The Labute approximate surface area is 247 Å². The van der Waals surface area contributed by atoms with Gasteiger partial charge in [-0.15, -0.1) is 0 Å². The van der Waals surface area contributed by atoms with Gasteiger partial charge in [0.25, 0.3) is 0 Å². The lowest BCUT2D eigenvalue weighted by Crippen LogP contribution is -2.01. The number of hydrogen-bond acceptors (Lipinski definition) is 10. The second-order valence-electron chi connectivity index (χ2n) is 10.5. The number of phenols is 5. The van der Waals surface area contributed by atoms with Crippen molar-refractivity contribution in [2.24, 2.45) is 0 Å². The molecular formula is C34H21N3O7. The first-order valence-electron chi connectivity index (χ1n) is 13.6. The topological polar surface area (TPSA) is 166 Å². The Bertz CT molecular complexity index is 2450. The SMILES string of the molecule is Cc1ccc2oc3cc(-c4nc(-c5ccc6c(c5)oc5ccccc56)nc(-c5c(O)c(O)c(O)c(O)c5O)n4)ccc3c2c1. The summed E-state index contributed by atoms with van der Waals surface area (Å²) in [5.74, 6) is -4.97. The first kappa shape index (κ1) is 25.4. The average Bonchev–Trinajstić information content (AvgIpc) is 3.59. The number of phenolic OH excluding ortho intramolecular Hbond substituents is 5. The zero-order chi connectivity index (χ0) is 30.3. The van der Waals surface area contributed by atoms with Crippen molar-refractivity contribution in [3.8, 4) is 62.9 Å². The van der Waals surface area contributed by atoms with Crippen molar-refractivity contribution in [2.75, 3.05) is 0 Å². The lowest BCUT2D eigenvalue weighted by atomic mass is 10.1. The van der Waals surface area contributed by atoms with Crippen molar-refractivity contribution in [1.29, 1.82) is 0 Å². The molecule has 0 aliphatic carbocycles. The Morgan fingerprint density at radius 1 is 0.455 bits per heavy atom. The zero-order valence-corrected chi connectivity index (χ0v) is 22.9. The van der Waals surface area contributed by atoms with Crippen molar-refractivity contribution in [3.63, 3.8) is 0 Å². The number of aromatic nitrogens is 3. The van der Waals surface area contributed by atoms with Gasteiger partial charge in [0, 0.05) is 32.7 Å². The van der Waals surface area contributed by atoms with Crippen LogP contribution in [0.15, 0.2) is 87.7 Å². The fourth-order valence-corrected chi connectivity index (χ4v) is 5.54. The highest BCUT2D eigenvalue weighted by molar-refractivity contribution is 6.07. The Morgan fingerprint density at radius 2 is 0.955 bits per heavy atom. The molecule has 0 unspecified atom stereocenters. The third-order valence-corrected chi connectivity index (χ3v) is 7.75. The molecule has 0 atom stereocenters. The van der Waals surface area contributed by atoms with Crippen LogP contribution in [0.25, 0.3) is 78.0 Å². The molecule has 0 radical (unpaired) electrons. The molecule has 8 rings (SSSR count). The molecule has 3 aromatic heterocycles. The van der Waals surface area contributed by atoms with Gasteiger partial charge in [-0.05, 0) is 49.4 Å². The summed E-state index contributed by atoms with van der Waals surface area (Å²) in [4.78, 5) is 13.7. The molecule has 214 valence electrons. The van der Waals surface area contributed by atoms with Gasteiger partial charge in [-0.1, -0.05) is 42.0 Å². The maximum atomic E-state index is 10.7. The molecule has 0 fully saturated rings. The van der Waals surface area contributed by atoms with Crippen molar-refractivity contribution >= 4 is 43.9 Å². The summed E-state index contributed by atoms with van der Waals surface area (Å²) in [6, 6.07) is 24.5. The highest BCUT2D eigenvalue weighted by Gasteiger charge is 2.27. The van der Waals surface area contributed by atoms with E-state index in [4.69, 9.17) is 13.8 Å². The normalized spacial score (nSPS) is 11.8. The minimum Gasteiger partial charge on any atom is -0.504 e. The molecule has 3 heterocycles. The van der Waals surface area contributed by atoms with Crippen molar-refractivity contribution in [2.45, 2.75) is 6.92 Å². The lowest BCUT2D eigenvalue weighted by molar-refractivity contribution is 0.329. The van der Waals surface area contributed by atoms with E-state index in [9.17, 15) is 25.5 Å². The van der Waals surface area contributed by atoms with Crippen LogP contribution in [0.5, 0.6) is 28.7 Å². The van der Waals surface area contributed by atoms with Gasteiger partial charge < -0.3 is 34.4 Å². The van der Waals surface area contributed by atoms with Crippen molar-refractivity contribution in [1.82, 2.24) is 15.0 Å². The van der Waals surface area contributed by atoms with E-state index in [1.165, 1.54) is 0 Å². The highest BCUT2D eigenvalue weighted by Crippen LogP contribution is 2.54. The minimum absolute atomic E-state index is 0.151. The third kappa shape index (κ3) is 3.71. The van der Waals surface area contributed by atoms with E-state index in [-0.39, 0.29) is 17.5 Å². The lowest BCUT2D eigenvalue weighted by Gasteiger charge is -2.13. The number of fused-ring (bicyclic) bond motifs is 6. The maximum Gasteiger partial charge on any atom is 0.208 e. The number of para-hydroxylation sites is 1. The first-order chi connectivity index (χ1) is 21.3. The molecule has 10 nitrogen and oxygen atoms in total. The Hall–Kier alpha value is -6.29. The van der Waals surface area contributed by atoms with Gasteiger partial charge in [0.2, 0.25) is 17.2 Å². The molecule has 44 heavy (non-hydrogen) atoms. The fraction of sp³-hybridized carbons (Fsp3) is 0.0294. The smallest absolute Gasteiger partial charge is 0.208 e. The number of aryl methyl sites for hydroxylation is 1. The van der Waals surface area contributed by atoms with Crippen LogP contribution < -0.4 is 0 Å². The van der Waals surface area contributed by atoms with Crippen molar-refractivity contribution < 1.29 is 34.4 Å². The number of benzene rings is 5. The van der Waals surface area contributed by atoms with Crippen LogP contribution in [0.2, 0.25) is 0 Å². The molecule has 0 saturated heterocycles. The van der Waals surface area contributed by atoms with Crippen LogP contribution in [-0.4, -0.2) is 40.5 Å². The summed E-state index contributed by atoms with van der Waals surface area (Å²) in [7, 11) is 0. The highest BCUT2D eigenvalue weighted by atomic mass is 16.4. The second-order valence-corrected chi connectivity index (χ2v) is 10.5. The molecule has 5 aromatic carbocycles. The van der Waals surface area contributed by atoms with E-state index in [1.54, 1.807) is 12.1 Å². The Balaban J connectivity index is 1.37. The predicted octanol–water partition coefficient (Wildman–Crippen LogP) is 7.51. The van der Waals surface area contributed by atoms with Gasteiger partial charge in [0.15, 0.2) is 29.0 Å². The van der Waals surface area contributed by atoms with Gasteiger partial charge in [-0.2, -0.15) is 0 Å². The third-order valence-electron chi connectivity index (χ3n) is 7.75.